The van der Waals surface area contributed by atoms with E-state index >= 15 is 0 Å². The second kappa shape index (κ2) is 6.14. The maximum atomic E-state index is 12.9. The van der Waals surface area contributed by atoms with Gasteiger partial charge in [0.1, 0.15) is 11.6 Å². The molecule has 0 radical (unpaired) electrons. The number of rotatable bonds is 5. The van der Waals surface area contributed by atoms with Gasteiger partial charge in [-0.15, -0.1) is 0 Å². The number of hydrogen-bond acceptors (Lipinski definition) is 3. The molecule has 4 nitrogen and oxygen atoms in total. The smallest absolute Gasteiger partial charge is 0.272 e. The molecule has 20 heavy (non-hydrogen) atoms. The zero-order valence-electron chi connectivity index (χ0n) is 11.0. The fourth-order valence-electron chi connectivity index (χ4n) is 1.95. The van der Waals surface area contributed by atoms with Crippen LogP contribution < -0.4 is 4.74 Å². The van der Waals surface area contributed by atoms with Crippen molar-refractivity contribution >= 4 is 5.69 Å². The van der Waals surface area contributed by atoms with Crippen LogP contribution in [0.3, 0.4) is 0 Å². The fraction of sp³-hybridized carbons (Fsp3) is 0.200. The highest BCUT2D eigenvalue weighted by Crippen LogP contribution is 2.21. The summed E-state index contributed by atoms with van der Waals surface area (Å²) >= 11 is 0. The van der Waals surface area contributed by atoms with E-state index < -0.39 is 4.92 Å². The van der Waals surface area contributed by atoms with Gasteiger partial charge in [-0.25, -0.2) is 4.39 Å². The van der Waals surface area contributed by atoms with E-state index in [0.717, 1.165) is 0 Å². The van der Waals surface area contributed by atoms with Gasteiger partial charge in [0.15, 0.2) is 0 Å². The van der Waals surface area contributed by atoms with Crippen LogP contribution in [0.5, 0.6) is 5.75 Å². The maximum absolute atomic E-state index is 12.9. The number of benzene rings is 2. The van der Waals surface area contributed by atoms with Gasteiger partial charge in [0.05, 0.1) is 11.5 Å². The topological polar surface area (TPSA) is 52.4 Å². The summed E-state index contributed by atoms with van der Waals surface area (Å²) in [4.78, 5) is 10.5. The molecule has 2 rings (SSSR count). The minimum Gasteiger partial charge on any atom is -0.493 e. The van der Waals surface area contributed by atoms with Crippen LogP contribution in [0.25, 0.3) is 0 Å². The molecule has 0 amide bonds. The molecule has 2 aromatic carbocycles. The van der Waals surface area contributed by atoms with Crippen molar-refractivity contribution in [2.45, 2.75) is 13.3 Å². The van der Waals surface area contributed by atoms with Crippen molar-refractivity contribution in [2.75, 3.05) is 6.61 Å². The summed E-state index contributed by atoms with van der Waals surface area (Å²) in [6.07, 6.45) is 0.425. The van der Waals surface area contributed by atoms with Gasteiger partial charge in [-0.2, -0.15) is 0 Å². The van der Waals surface area contributed by atoms with Gasteiger partial charge >= 0.3 is 0 Å². The predicted octanol–water partition coefficient (Wildman–Crippen LogP) is 3.66. The van der Waals surface area contributed by atoms with Crippen LogP contribution in [-0.4, -0.2) is 11.5 Å². The zero-order chi connectivity index (χ0) is 14.5. The third-order valence-corrected chi connectivity index (χ3v) is 2.95. The third-order valence-electron chi connectivity index (χ3n) is 2.95. The van der Waals surface area contributed by atoms with Gasteiger partial charge in [0, 0.05) is 18.1 Å². The molecule has 0 aliphatic rings. The lowest BCUT2D eigenvalue weighted by atomic mass is 10.1. The van der Waals surface area contributed by atoms with Crippen LogP contribution in [0.1, 0.15) is 11.1 Å². The molecular formula is C15H14FNO3. The molecule has 0 heterocycles. The normalized spacial score (nSPS) is 10.3. The van der Waals surface area contributed by atoms with Crippen LogP contribution >= 0.6 is 0 Å². The maximum Gasteiger partial charge on any atom is 0.272 e. The van der Waals surface area contributed by atoms with Crippen LogP contribution in [0, 0.1) is 22.9 Å². The Hall–Kier alpha value is -2.43. The molecule has 0 fully saturated rings. The molecule has 0 saturated heterocycles. The fourth-order valence-corrected chi connectivity index (χ4v) is 1.95. The van der Waals surface area contributed by atoms with E-state index in [1.165, 1.54) is 18.2 Å². The van der Waals surface area contributed by atoms with Crippen molar-refractivity contribution in [3.63, 3.8) is 0 Å². The van der Waals surface area contributed by atoms with Crippen molar-refractivity contribution in [1.82, 2.24) is 0 Å². The van der Waals surface area contributed by atoms with E-state index in [1.54, 1.807) is 31.2 Å². The molecule has 0 aromatic heterocycles. The SMILES string of the molecule is Cc1cc(F)ccc1OCCc1ccccc1[N+](=O)[O-]. The number of nitrogens with zero attached hydrogens (tertiary/aromatic N) is 1. The minimum absolute atomic E-state index is 0.0897. The molecule has 2 aromatic rings. The molecule has 0 bridgehead atoms. The Bertz CT molecular complexity index is 628. The molecule has 5 heteroatoms. The Morgan fingerprint density at radius 2 is 2.00 bits per heavy atom. The number of ether oxygens (including phenoxy) is 1. The van der Waals surface area contributed by atoms with Gasteiger partial charge in [-0.1, -0.05) is 18.2 Å². The molecule has 0 atom stereocenters. The molecule has 0 saturated carbocycles. The average Bonchev–Trinajstić information content (AvgIpc) is 2.41. The molecular weight excluding hydrogens is 261 g/mol. The summed E-state index contributed by atoms with van der Waals surface area (Å²) in [5.74, 6) is 0.276. The van der Waals surface area contributed by atoms with Gasteiger partial charge in [-0.05, 0) is 30.7 Å². The second-order valence-electron chi connectivity index (χ2n) is 4.39. The van der Waals surface area contributed by atoms with E-state index in [-0.39, 0.29) is 11.5 Å². The molecule has 0 aliphatic carbocycles. The van der Waals surface area contributed by atoms with Crippen molar-refractivity contribution in [1.29, 1.82) is 0 Å². The summed E-state index contributed by atoms with van der Waals surface area (Å²) in [6, 6.07) is 10.8. The summed E-state index contributed by atoms with van der Waals surface area (Å²) < 4.78 is 18.5. The lowest BCUT2D eigenvalue weighted by Gasteiger charge is -2.09. The van der Waals surface area contributed by atoms with E-state index in [1.807, 2.05) is 0 Å². The number of halogens is 1. The van der Waals surface area contributed by atoms with Crippen LogP contribution in [0.15, 0.2) is 42.5 Å². The number of hydrogen-bond donors (Lipinski definition) is 0. The van der Waals surface area contributed by atoms with Gasteiger partial charge in [0.25, 0.3) is 5.69 Å². The molecule has 0 spiro atoms. The first-order valence-electron chi connectivity index (χ1n) is 6.19. The predicted molar refractivity (Wildman–Crippen MR) is 73.4 cm³/mol. The summed E-state index contributed by atoms with van der Waals surface area (Å²) in [5, 5.41) is 10.9. The highest BCUT2D eigenvalue weighted by molar-refractivity contribution is 5.40. The Labute approximate surface area is 116 Å². The monoisotopic (exact) mass is 275 g/mol. The quantitative estimate of drug-likeness (QED) is 0.618. The van der Waals surface area contributed by atoms with Crippen LogP contribution in [-0.2, 0) is 6.42 Å². The lowest BCUT2D eigenvalue weighted by Crippen LogP contribution is -2.04. The third kappa shape index (κ3) is 3.32. The Balaban J connectivity index is 2.01. The first-order valence-corrected chi connectivity index (χ1v) is 6.19. The summed E-state index contributed by atoms with van der Waals surface area (Å²) in [6.45, 7) is 2.06. The lowest BCUT2D eigenvalue weighted by molar-refractivity contribution is -0.385. The first kappa shape index (κ1) is 14.0. The molecule has 0 unspecified atom stereocenters. The van der Waals surface area contributed by atoms with Crippen LogP contribution in [0.2, 0.25) is 0 Å². The highest BCUT2D eigenvalue weighted by Gasteiger charge is 2.12. The average molecular weight is 275 g/mol. The van der Waals surface area contributed by atoms with E-state index in [0.29, 0.717) is 29.9 Å². The molecule has 0 N–H and O–H groups in total. The van der Waals surface area contributed by atoms with Gasteiger partial charge < -0.3 is 4.74 Å². The van der Waals surface area contributed by atoms with E-state index in [9.17, 15) is 14.5 Å². The van der Waals surface area contributed by atoms with E-state index in [2.05, 4.69) is 0 Å². The molecule has 0 aliphatic heterocycles. The number of nitro groups is 1. The Kier molecular flexibility index (Phi) is 4.30. The second-order valence-corrected chi connectivity index (χ2v) is 4.39. The Morgan fingerprint density at radius 1 is 1.25 bits per heavy atom. The van der Waals surface area contributed by atoms with Gasteiger partial charge in [-0.3, -0.25) is 10.1 Å². The zero-order valence-corrected chi connectivity index (χ0v) is 11.0. The van der Waals surface area contributed by atoms with Gasteiger partial charge in [0.2, 0.25) is 0 Å². The number of nitro benzene ring substituents is 1. The Morgan fingerprint density at radius 3 is 2.70 bits per heavy atom. The largest absolute Gasteiger partial charge is 0.493 e. The number of aryl methyl sites for hydroxylation is 1. The van der Waals surface area contributed by atoms with Crippen molar-refractivity contribution < 1.29 is 14.1 Å². The molecule has 104 valence electrons. The first-order chi connectivity index (χ1) is 9.58. The van der Waals surface area contributed by atoms with Crippen molar-refractivity contribution in [2.24, 2.45) is 0 Å². The minimum atomic E-state index is -0.404. The summed E-state index contributed by atoms with van der Waals surface area (Å²) in [7, 11) is 0. The van der Waals surface area contributed by atoms with Crippen molar-refractivity contribution in [3.05, 3.63) is 69.5 Å². The van der Waals surface area contributed by atoms with Crippen molar-refractivity contribution in [3.8, 4) is 5.75 Å². The standard InChI is InChI=1S/C15H14FNO3/c1-11-10-13(16)6-7-15(11)20-9-8-12-4-2-3-5-14(12)17(18)19/h2-7,10H,8-9H2,1H3. The number of para-hydroxylation sites is 1. The van der Waals surface area contributed by atoms with Crippen LogP contribution in [0.4, 0.5) is 10.1 Å². The highest BCUT2D eigenvalue weighted by atomic mass is 19.1. The summed E-state index contributed by atoms with van der Waals surface area (Å²) in [5.41, 5.74) is 1.41. The van der Waals surface area contributed by atoms with E-state index in [4.69, 9.17) is 4.74 Å².